The summed E-state index contributed by atoms with van der Waals surface area (Å²) in [4.78, 5) is 9.57. The maximum absolute atomic E-state index is 4.29. The van der Waals surface area contributed by atoms with Crippen molar-refractivity contribution in [3.05, 3.63) is 17.8 Å². The highest BCUT2D eigenvalue weighted by atomic mass is 32.2. The van der Waals surface area contributed by atoms with Gasteiger partial charge in [0.15, 0.2) is 0 Å². The minimum Gasteiger partial charge on any atom is -0.369 e. The molecule has 0 radical (unpaired) electrons. The predicted molar refractivity (Wildman–Crippen MR) is 73.5 cm³/mol. The van der Waals surface area contributed by atoms with Gasteiger partial charge < -0.3 is 5.32 Å². The van der Waals surface area contributed by atoms with E-state index in [9.17, 15) is 0 Å². The number of rotatable bonds is 5. The molecule has 0 aromatic carbocycles. The van der Waals surface area contributed by atoms with Crippen LogP contribution >= 0.6 is 23.1 Å². The van der Waals surface area contributed by atoms with Crippen LogP contribution in [0.5, 0.6) is 0 Å². The van der Waals surface area contributed by atoms with Gasteiger partial charge >= 0.3 is 0 Å². The fourth-order valence-electron chi connectivity index (χ4n) is 1.55. The van der Waals surface area contributed by atoms with Crippen LogP contribution in [0.3, 0.4) is 0 Å². The summed E-state index contributed by atoms with van der Waals surface area (Å²) < 4.78 is 0. The SMILES string of the molecule is CSCC(C)CNc1ncnc2sccc12. The lowest BCUT2D eigenvalue weighted by molar-refractivity contribution is 0.700. The monoisotopic (exact) mass is 253 g/mol. The number of nitrogens with one attached hydrogen (secondary N) is 1. The summed E-state index contributed by atoms with van der Waals surface area (Å²) in [6.07, 6.45) is 3.76. The van der Waals surface area contributed by atoms with Crippen molar-refractivity contribution >= 4 is 39.1 Å². The molecule has 86 valence electrons. The van der Waals surface area contributed by atoms with Gasteiger partial charge in [0.05, 0.1) is 5.39 Å². The fourth-order valence-corrected chi connectivity index (χ4v) is 2.96. The van der Waals surface area contributed by atoms with E-state index in [1.165, 1.54) is 5.75 Å². The lowest BCUT2D eigenvalue weighted by Crippen LogP contribution is -2.14. The smallest absolute Gasteiger partial charge is 0.138 e. The first kappa shape index (κ1) is 11.7. The molecule has 2 rings (SSSR count). The molecule has 1 unspecified atom stereocenters. The van der Waals surface area contributed by atoms with Gasteiger partial charge in [-0.05, 0) is 29.4 Å². The number of hydrogen-bond donors (Lipinski definition) is 1. The molecule has 5 heteroatoms. The Morgan fingerprint density at radius 3 is 3.19 bits per heavy atom. The zero-order chi connectivity index (χ0) is 11.4. The van der Waals surface area contributed by atoms with Crippen LogP contribution in [0.2, 0.25) is 0 Å². The Labute approximate surface area is 104 Å². The standard InChI is InChI=1S/C11H15N3S2/c1-8(6-15-2)5-12-10-9-3-4-16-11(9)14-7-13-10/h3-4,7-8H,5-6H2,1-2H3,(H,12,13,14). The third kappa shape index (κ3) is 2.65. The van der Waals surface area contributed by atoms with Gasteiger partial charge in [0, 0.05) is 6.54 Å². The molecule has 2 aromatic heterocycles. The molecule has 0 aliphatic heterocycles. The van der Waals surface area contributed by atoms with Crippen molar-refractivity contribution in [2.45, 2.75) is 6.92 Å². The summed E-state index contributed by atoms with van der Waals surface area (Å²) in [7, 11) is 0. The quantitative estimate of drug-likeness (QED) is 0.888. The van der Waals surface area contributed by atoms with Crippen LogP contribution in [0.4, 0.5) is 5.82 Å². The number of thiophene rings is 1. The topological polar surface area (TPSA) is 37.8 Å². The largest absolute Gasteiger partial charge is 0.369 e. The van der Waals surface area contributed by atoms with Gasteiger partial charge in [-0.3, -0.25) is 0 Å². The molecule has 2 heterocycles. The molecule has 0 aliphatic carbocycles. The van der Waals surface area contributed by atoms with Crippen LogP contribution in [0.1, 0.15) is 6.92 Å². The molecule has 2 aromatic rings. The van der Waals surface area contributed by atoms with Crippen LogP contribution in [0.25, 0.3) is 10.2 Å². The molecule has 0 saturated carbocycles. The Hall–Kier alpha value is -0.810. The molecule has 1 atom stereocenters. The van der Waals surface area contributed by atoms with Crippen LogP contribution in [0, 0.1) is 5.92 Å². The number of anilines is 1. The minimum atomic E-state index is 0.652. The molecular weight excluding hydrogens is 238 g/mol. The number of hydrogen-bond acceptors (Lipinski definition) is 5. The Morgan fingerprint density at radius 2 is 2.38 bits per heavy atom. The van der Waals surface area contributed by atoms with Crippen molar-refractivity contribution in [2.24, 2.45) is 5.92 Å². The molecule has 16 heavy (non-hydrogen) atoms. The van der Waals surface area contributed by atoms with Crippen molar-refractivity contribution in [1.29, 1.82) is 0 Å². The van der Waals surface area contributed by atoms with E-state index in [-0.39, 0.29) is 0 Å². The van der Waals surface area contributed by atoms with E-state index in [0.717, 1.165) is 22.6 Å². The average molecular weight is 253 g/mol. The van der Waals surface area contributed by atoms with Gasteiger partial charge in [0.2, 0.25) is 0 Å². The van der Waals surface area contributed by atoms with Gasteiger partial charge in [-0.1, -0.05) is 6.92 Å². The van der Waals surface area contributed by atoms with Gasteiger partial charge in [0.1, 0.15) is 17.0 Å². The van der Waals surface area contributed by atoms with Gasteiger partial charge in [-0.25, -0.2) is 9.97 Å². The lowest BCUT2D eigenvalue weighted by atomic mass is 10.2. The van der Waals surface area contributed by atoms with Gasteiger partial charge in [-0.15, -0.1) is 11.3 Å². The average Bonchev–Trinajstić information content (AvgIpc) is 2.75. The maximum Gasteiger partial charge on any atom is 0.138 e. The van der Waals surface area contributed by atoms with E-state index in [1.54, 1.807) is 17.7 Å². The van der Waals surface area contributed by atoms with Crippen molar-refractivity contribution in [2.75, 3.05) is 23.9 Å². The van der Waals surface area contributed by atoms with Gasteiger partial charge in [0.25, 0.3) is 0 Å². The molecule has 0 spiro atoms. The summed E-state index contributed by atoms with van der Waals surface area (Å²) in [5.41, 5.74) is 0. The summed E-state index contributed by atoms with van der Waals surface area (Å²) in [6.45, 7) is 3.21. The predicted octanol–water partition coefficient (Wildman–Crippen LogP) is 3.10. The van der Waals surface area contributed by atoms with Crippen molar-refractivity contribution in [3.8, 4) is 0 Å². The second-order valence-electron chi connectivity index (χ2n) is 3.80. The first-order valence-corrected chi connectivity index (χ1v) is 7.49. The molecule has 0 fully saturated rings. The first-order chi connectivity index (χ1) is 7.81. The molecule has 0 bridgehead atoms. The highest BCUT2D eigenvalue weighted by Gasteiger charge is 2.06. The maximum atomic E-state index is 4.29. The normalized spacial score (nSPS) is 12.9. The number of thioether (sulfide) groups is 1. The van der Waals surface area contributed by atoms with Gasteiger partial charge in [-0.2, -0.15) is 11.8 Å². The number of nitrogens with zero attached hydrogens (tertiary/aromatic N) is 2. The highest BCUT2D eigenvalue weighted by molar-refractivity contribution is 7.98. The summed E-state index contributed by atoms with van der Waals surface area (Å²) >= 11 is 3.53. The lowest BCUT2D eigenvalue weighted by Gasteiger charge is -2.11. The Morgan fingerprint density at radius 1 is 1.50 bits per heavy atom. The molecule has 3 nitrogen and oxygen atoms in total. The molecule has 0 saturated heterocycles. The van der Waals surface area contributed by atoms with Crippen LogP contribution in [-0.4, -0.2) is 28.5 Å². The Bertz CT molecular complexity index is 455. The summed E-state index contributed by atoms with van der Waals surface area (Å²) in [6, 6.07) is 2.07. The fraction of sp³-hybridized carbons (Fsp3) is 0.455. The summed E-state index contributed by atoms with van der Waals surface area (Å²) in [5, 5.41) is 6.58. The summed E-state index contributed by atoms with van der Waals surface area (Å²) in [5.74, 6) is 2.78. The Balaban J connectivity index is 2.06. The third-order valence-corrected chi connectivity index (χ3v) is 4.05. The van der Waals surface area contributed by atoms with E-state index in [2.05, 4.69) is 39.9 Å². The van der Waals surface area contributed by atoms with E-state index in [4.69, 9.17) is 0 Å². The van der Waals surface area contributed by atoms with E-state index in [1.807, 2.05) is 11.8 Å². The highest BCUT2D eigenvalue weighted by Crippen LogP contribution is 2.23. The number of aromatic nitrogens is 2. The minimum absolute atomic E-state index is 0.652. The van der Waals surface area contributed by atoms with Crippen LogP contribution < -0.4 is 5.32 Å². The third-order valence-electron chi connectivity index (χ3n) is 2.33. The molecular formula is C11H15N3S2. The zero-order valence-corrected chi connectivity index (χ0v) is 11.1. The zero-order valence-electron chi connectivity index (χ0n) is 9.43. The first-order valence-electron chi connectivity index (χ1n) is 5.22. The van der Waals surface area contributed by atoms with Crippen LogP contribution in [0.15, 0.2) is 17.8 Å². The molecule has 1 N–H and O–H groups in total. The van der Waals surface area contributed by atoms with Crippen molar-refractivity contribution in [1.82, 2.24) is 9.97 Å². The van der Waals surface area contributed by atoms with Crippen molar-refractivity contribution in [3.63, 3.8) is 0 Å². The van der Waals surface area contributed by atoms with Crippen LogP contribution in [-0.2, 0) is 0 Å². The van der Waals surface area contributed by atoms with E-state index >= 15 is 0 Å². The number of fused-ring (bicyclic) bond motifs is 1. The molecule has 0 aliphatic rings. The van der Waals surface area contributed by atoms with E-state index < -0.39 is 0 Å². The van der Waals surface area contributed by atoms with E-state index in [0.29, 0.717) is 5.92 Å². The second kappa shape index (κ2) is 5.50. The van der Waals surface area contributed by atoms with Crippen molar-refractivity contribution < 1.29 is 0 Å². The second-order valence-corrected chi connectivity index (χ2v) is 5.61. The molecule has 0 amide bonds. The Kier molecular flexibility index (Phi) is 4.01.